The SMILES string of the molecule is CC(C)c1c(C(=O)Nc2ccccc2)[13c](-[13c]2[13cH][13cH][13cH][13cH][13cH]2)c(-c2ccc(F)cc2)[15n]1CC[C@@H]1C[C@H](CC(=O)C(C)(C)C)OC(C)(C)O1. The van der Waals surface area contributed by atoms with Crippen molar-refractivity contribution in [3.8, 4) is 22.4 Å². The van der Waals surface area contributed by atoms with E-state index >= 15 is 0 Å². The third-order valence-corrected chi connectivity index (χ3v) is 8.64. The highest BCUT2D eigenvalue weighted by atomic mass is 19.1. The summed E-state index contributed by atoms with van der Waals surface area (Å²) in [6.07, 6.45) is 1.11. The first-order valence-electron chi connectivity index (χ1n) is 16.6. The van der Waals surface area contributed by atoms with Crippen LogP contribution in [0.4, 0.5) is 10.1 Å². The molecule has 1 amide bonds. The van der Waals surface area contributed by atoms with Crippen LogP contribution in [0, 0.1) is 11.2 Å². The smallest absolute Gasteiger partial charge is 0.258 e. The molecule has 0 spiro atoms. The van der Waals surface area contributed by atoms with Gasteiger partial charge in [0, 0.05) is 41.7 Å². The minimum Gasteiger partial charge on any atom is -0.347 e. The van der Waals surface area contributed by atoms with E-state index in [-0.39, 0.29) is 35.6 Å². The van der Waals surface area contributed by atoms with Gasteiger partial charge in [0.05, 0.1) is 23.5 Å². The van der Waals surface area contributed by atoms with Crippen LogP contribution in [-0.2, 0) is 20.8 Å². The maximum Gasteiger partial charge on any atom is 0.258 e. The molecule has 5 rings (SSSR count). The van der Waals surface area contributed by atoms with Crippen LogP contribution in [0.5, 0.6) is 0 Å². The molecule has 7 heteroatoms. The predicted octanol–water partition coefficient (Wildman–Crippen LogP) is 9.64. The van der Waals surface area contributed by atoms with Gasteiger partial charge in [-0.1, -0.05) is 83.1 Å². The van der Waals surface area contributed by atoms with E-state index in [0.717, 1.165) is 28.1 Å². The lowest BCUT2D eigenvalue weighted by Crippen LogP contribution is -2.46. The Morgan fingerprint density at radius 3 is 2.09 bits per heavy atom. The number of carbonyl (C=O) groups is 2. The average Bonchev–Trinajstić information content (AvgIpc) is 3.36. The molecule has 1 aliphatic rings. The van der Waals surface area contributed by atoms with Crippen molar-refractivity contribution in [3.63, 3.8) is 0 Å². The number of halogens is 1. The number of nitrogens with one attached hydrogen (secondary N) is 1. The molecule has 6 nitrogen and oxygen atoms in total. The van der Waals surface area contributed by atoms with Gasteiger partial charge in [-0.3, -0.25) is 9.59 Å². The van der Waals surface area contributed by atoms with Gasteiger partial charge in [-0.25, -0.2) is 4.39 Å². The van der Waals surface area contributed by atoms with Gasteiger partial charge in [-0.15, -0.1) is 0 Å². The normalized spacial score (nSPS) is 17.9. The summed E-state index contributed by atoms with van der Waals surface area (Å²) in [5, 5.41) is 3.13. The van der Waals surface area contributed by atoms with Gasteiger partial charge < -0.3 is 19.4 Å². The van der Waals surface area contributed by atoms with Crippen LogP contribution in [0.15, 0.2) is 84.9 Å². The summed E-state index contributed by atoms with van der Waals surface area (Å²) in [5.41, 5.74) is 5.10. The summed E-state index contributed by atoms with van der Waals surface area (Å²) in [6, 6.07) is 25.8. The molecule has 1 fully saturated rings. The van der Waals surface area contributed by atoms with Crippen molar-refractivity contribution in [2.24, 2.45) is 5.41 Å². The lowest BCUT2D eigenvalue weighted by molar-refractivity contribution is -0.300. The number of ether oxygens (including phenoxy) is 2. The second-order valence-electron chi connectivity index (χ2n) is 14.3. The fraction of sp³-hybridized carbons (Fsp3) is 0.400. The van der Waals surface area contributed by atoms with E-state index < -0.39 is 11.2 Å². The summed E-state index contributed by atoms with van der Waals surface area (Å²) in [4.78, 5) is 27.3. The number of nitrogens with zero attached hydrogens (tertiary/aromatic N) is 1. The molecule has 0 bridgehead atoms. The monoisotopic (exact) mass is 646 g/mol. The number of anilines is 1. The number of ketones is 1. The minimum absolute atomic E-state index is 0.0209. The first kappa shape index (κ1) is 34.3. The number of carbonyl (C=O) groups excluding carboxylic acids is 2. The molecule has 3 aromatic carbocycles. The molecular weight excluding hydrogens is 599 g/mol. The van der Waals surface area contributed by atoms with Gasteiger partial charge in [0.2, 0.25) is 0 Å². The van der Waals surface area contributed by atoms with E-state index in [1.54, 1.807) is 12.1 Å². The zero-order valence-electron chi connectivity index (χ0n) is 28.6. The van der Waals surface area contributed by atoms with Crippen LogP contribution in [0.3, 0.4) is 0 Å². The number of benzene rings is 3. The minimum atomic E-state index is -0.848. The molecule has 1 aromatic heterocycles. The number of hydrogen-bond acceptors (Lipinski definition) is 4. The second kappa shape index (κ2) is 14.0. The number of amides is 1. The maximum atomic E-state index is 14.3. The number of aromatic nitrogens is 1. The van der Waals surface area contributed by atoms with Crippen molar-refractivity contribution in [1.29, 1.82) is 0 Å². The van der Waals surface area contributed by atoms with Crippen LogP contribution >= 0.6 is 0 Å². The first-order chi connectivity index (χ1) is 22.2. The van der Waals surface area contributed by atoms with Crippen LogP contribution in [0.2, 0.25) is 0 Å². The number of para-hydroxylation sites is 1. The van der Waals surface area contributed by atoms with E-state index in [4.69, 9.17) is 9.47 Å². The Balaban J connectivity index is 1.62. The number of hydrogen-bond donors (Lipinski definition) is 1. The molecule has 0 radical (unpaired) electrons. The van der Waals surface area contributed by atoms with Gasteiger partial charge in [0.1, 0.15) is 11.6 Å². The van der Waals surface area contributed by atoms with Gasteiger partial charge in [-0.05, 0) is 73.7 Å². The Hall–Kier alpha value is -4.07. The first-order valence-corrected chi connectivity index (χ1v) is 16.6. The maximum absolute atomic E-state index is 14.3. The van der Waals surface area contributed by atoms with E-state index in [2.05, 4.69) is 23.7 Å². The molecule has 0 unspecified atom stereocenters. The number of rotatable bonds is 10. The highest BCUT2D eigenvalue weighted by molar-refractivity contribution is 6.12. The van der Waals surface area contributed by atoms with Gasteiger partial charge in [-0.2, -0.15) is 0 Å². The Bertz CT molecular complexity index is 1690. The van der Waals surface area contributed by atoms with Crippen LogP contribution in [0.25, 0.3) is 22.4 Å². The Kier molecular flexibility index (Phi) is 10.2. The molecule has 248 valence electrons. The fourth-order valence-electron chi connectivity index (χ4n) is 6.52. The lowest BCUT2D eigenvalue weighted by Gasteiger charge is -2.41. The van der Waals surface area contributed by atoms with Gasteiger partial charge in [0.25, 0.3) is 5.91 Å². The molecule has 0 saturated carbocycles. The molecular formula is C40H47FN2O4. The third kappa shape index (κ3) is 8.09. The number of Topliss-reactive ketones (excluding diaryl/α,β-unsaturated/α-hetero) is 1. The Morgan fingerprint density at radius 1 is 0.894 bits per heavy atom. The summed E-state index contributed by atoms with van der Waals surface area (Å²) in [6.45, 7) is 14.3. The summed E-state index contributed by atoms with van der Waals surface area (Å²) >= 11 is 0. The van der Waals surface area contributed by atoms with Gasteiger partial charge >= 0.3 is 0 Å². The fourth-order valence-corrected chi connectivity index (χ4v) is 6.52. The zero-order valence-corrected chi connectivity index (χ0v) is 28.6. The van der Waals surface area contributed by atoms with E-state index in [0.29, 0.717) is 37.1 Å². The van der Waals surface area contributed by atoms with Crippen molar-refractivity contribution in [1.82, 2.24) is 4.57 Å². The molecule has 0 aliphatic carbocycles. The van der Waals surface area contributed by atoms with Crippen LogP contribution < -0.4 is 5.32 Å². The third-order valence-electron chi connectivity index (χ3n) is 8.64. The zero-order chi connectivity index (χ0) is 33.9. The molecule has 2 heterocycles. The molecule has 1 aliphatic heterocycles. The van der Waals surface area contributed by atoms with Gasteiger partial charge in [0.15, 0.2) is 5.79 Å². The van der Waals surface area contributed by atoms with Crippen molar-refractivity contribution in [3.05, 3.63) is 102 Å². The Labute approximate surface area is 278 Å². The van der Waals surface area contributed by atoms with Crippen molar-refractivity contribution < 1.29 is 23.5 Å². The van der Waals surface area contributed by atoms with E-state index in [9.17, 15) is 14.0 Å². The van der Waals surface area contributed by atoms with Crippen molar-refractivity contribution in [2.45, 2.75) is 98.2 Å². The standard InChI is InChI=1S/C40H47FN2O4/c1-26(2)36-35(38(45)42-30-16-12-9-13-17-30)34(27-14-10-8-11-15-27)37(28-18-20-29(41)21-19-28)43(36)23-22-31-24-32(47-40(6,7)46-31)25-33(44)39(3,4)5/h8-21,26,31-32H,22-25H2,1-7H3,(H,42,45)/t31-,32-/m1/s1/i8+1,10+1,11+1,14+1,15+1,27+1,34+1,43+1. The summed E-state index contributed by atoms with van der Waals surface area (Å²) < 4.78 is 29.1. The second-order valence-corrected chi connectivity index (χ2v) is 14.3. The molecule has 1 saturated heterocycles. The summed E-state index contributed by atoms with van der Waals surface area (Å²) in [7, 11) is 0. The van der Waals surface area contributed by atoms with E-state index in [1.807, 2.05) is 95.3 Å². The summed E-state index contributed by atoms with van der Waals surface area (Å²) in [5.74, 6) is -1.24. The molecule has 47 heavy (non-hydrogen) atoms. The van der Waals surface area contributed by atoms with Crippen LogP contribution in [-0.4, -0.2) is 34.3 Å². The topological polar surface area (TPSA) is 69.6 Å². The molecule has 2 atom stereocenters. The van der Waals surface area contributed by atoms with E-state index in [1.165, 1.54) is 12.1 Å². The van der Waals surface area contributed by atoms with Crippen molar-refractivity contribution in [2.75, 3.05) is 5.32 Å². The highest BCUT2D eigenvalue weighted by Gasteiger charge is 2.38. The van der Waals surface area contributed by atoms with Crippen LogP contribution in [0.1, 0.15) is 89.7 Å². The largest absolute Gasteiger partial charge is 0.347 e. The Morgan fingerprint density at radius 2 is 1.49 bits per heavy atom. The molecule has 1 N–H and O–H groups in total. The van der Waals surface area contributed by atoms with Crippen molar-refractivity contribution >= 4 is 17.4 Å². The average molecular weight is 647 g/mol. The lowest BCUT2D eigenvalue weighted by atomic mass is 9.86. The highest BCUT2D eigenvalue weighted by Crippen LogP contribution is 2.43. The molecule has 4 aromatic rings. The predicted molar refractivity (Wildman–Crippen MR) is 186 cm³/mol. The quantitative estimate of drug-likeness (QED) is 0.186.